The van der Waals surface area contributed by atoms with Crippen molar-refractivity contribution in [3.05, 3.63) is 65.0 Å². The van der Waals surface area contributed by atoms with Crippen LogP contribution in [-0.2, 0) is 0 Å². The first kappa shape index (κ1) is 13.7. The summed E-state index contributed by atoms with van der Waals surface area (Å²) >= 11 is 0. The van der Waals surface area contributed by atoms with E-state index in [4.69, 9.17) is 5.84 Å². The zero-order valence-electron chi connectivity index (χ0n) is 11.7. The Bertz CT molecular complexity index is 532. The van der Waals surface area contributed by atoms with Crippen LogP contribution in [0.1, 0.15) is 48.1 Å². The average molecular weight is 255 g/mol. The molecule has 19 heavy (non-hydrogen) atoms. The van der Waals surface area contributed by atoms with Gasteiger partial charge in [-0.15, -0.1) is 0 Å². The molecule has 0 bridgehead atoms. The highest BCUT2D eigenvalue weighted by Crippen LogP contribution is 2.25. The predicted molar refractivity (Wildman–Crippen MR) is 78.7 cm³/mol. The topological polar surface area (TPSA) is 50.9 Å². The van der Waals surface area contributed by atoms with Gasteiger partial charge < -0.3 is 0 Å². The minimum absolute atomic E-state index is 0.0186. The first-order valence-corrected chi connectivity index (χ1v) is 6.60. The Hall–Kier alpha value is -1.71. The van der Waals surface area contributed by atoms with Crippen molar-refractivity contribution in [1.29, 1.82) is 0 Å². The highest BCUT2D eigenvalue weighted by Gasteiger charge is 2.14. The largest absolute Gasteiger partial charge is 0.271 e. The Morgan fingerprint density at radius 3 is 2.21 bits per heavy atom. The lowest BCUT2D eigenvalue weighted by Crippen LogP contribution is -2.29. The number of aromatic nitrogens is 1. The molecule has 0 fully saturated rings. The molecule has 1 aromatic carbocycles. The second-order valence-electron chi connectivity index (χ2n) is 5.15. The third-order valence-corrected chi connectivity index (χ3v) is 3.49. The van der Waals surface area contributed by atoms with Crippen LogP contribution >= 0.6 is 0 Å². The van der Waals surface area contributed by atoms with Crippen LogP contribution in [0.25, 0.3) is 0 Å². The first-order valence-electron chi connectivity index (χ1n) is 6.60. The molecule has 0 aliphatic heterocycles. The molecule has 2 rings (SSSR count). The highest BCUT2D eigenvalue weighted by molar-refractivity contribution is 5.36. The molecule has 1 heterocycles. The SMILES string of the molecule is Cc1ccncc1C(NN)c1ccc(C(C)C)cc1. The number of rotatable bonds is 4. The molecule has 3 nitrogen and oxygen atoms in total. The first-order chi connectivity index (χ1) is 9.13. The maximum absolute atomic E-state index is 5.73. The van der Waals surface area contributed by atoms with Crippen molar-refractivity contribution in [2.24, 2.45) is 5.84 Å². The van der Waals surface area contributed by atoms with Gasteiger partial charge in [0.2, 0.25) is 0 Å². The smallest absolute Gasteiger partial charge is 0.0727 e. The van der Waals surface area contributed by atoms with E-state index in [1.54, 1.807) is 6.20 Å². The minimum Gasteiger partial charge on any atom is -0.271 e. The molecule has 3 heteroatoms. The minimum atomic E-state index is -0.0186. The van der Waals surface area contributed by atoms with E-state index < -0.39 is 0 Å². The van der Waals surface area contributed by atoms with E-state index in [-0.39, 0.29) is 6.04 Å². The maximum Gasteiger partial charge on any atom is 0.0727 e. The van der Waals surface area contributed by atoms with E-state index in [2.05, 4.69) is 55.4 Å². The van der Waals surface area contributed by atoms with Gasteiger partial charge in [-0.2, -0.15) is 0 Å². The summed E-state index contributed by atoms with van der Waals surface area (Å²) in [4.78, 5) is 4.19. The van der Waals surface area contributed by atoms with Gasteiger partial charge in [0.25, 0.3) is 0 Å². The van der Waals surface area contributed by atoms with Crippen LogP contribution in [0.15, 0.2) is 42.7 Å². The van der Waals surface area contributed by atoms with Crippen molar-refractivity contribution >= 4 is 0 Å². The lowest BCUT2D eigenvalue weighted by Gasteiger charge is -2.19. The van der Waals surface area contributed by atoms with E-state index in [1.165, 1.54) is 11.1 Å². The fourth-order valence-electron chi connectivity index (χ4n) is 2.22. The van der Waals surface area contributed by atoms with Crippen LogP contribution in [0.2, 0.25) is 0 Å². The molecular weight excluding hydrogens is 234 g/mol. The summed E-state index contributed by atoms with van der Waals surface area (Å²) in [6.07, 6.45) is 3.67. The average Bonchev–Trinajstić information content (AvgIpc) is 2.42. The van der Waals surface area contributed by atoms with Crippen LogP contribution in [0, 0.1) is 6.92 Å². The molecule has 3 N–H and O–H groups in total. The van der Waals surface area contributed by atoms with Gasteiger partial charge >= 0.3 is 0 Å². The molecular formula is C16H21N3. The zero-order valence-corrected chi connectivity index (χ0v) is 11.7. The number of nitrogens with two attached hydrogens (primary N) is 1. The van der Waals surface area contributed by atoms with Crippen molar-refractivity contribution < 1.29 is 0 Å². The lowest BCUT2D eigenvalue weighted by molar-refractivity contribution is 0.631. The predicted octanol–water partition coefficient (Wildman–Crippen LogP) is 3.07. The molecule has 100 valence electrons. The summed E-state index contributed by atoms with van der Waals surface area (Å²) in [6, 6.07) is 10.6. The Morgan fingerprint density at radius 2 is 1.68 bits per heavy atom. The van der Waals surface area contributed by atoms with Gasteiger partial charge in [0.15, 0.2) is 0 Å². The molecule has 0 aliphatic carbocycles. The van der Waals surface area contributed by atoms with E-state index in [1.807, 2.05) is 12.3 Å². The highest BCUT2D eigenvalue weighted by atomic mass is 15.2. The Morgan fingerprint density at radius 1 is 1.05 bits per heavy atom. The van der Waals surface area contributed by atoms with Gasteiger partial charge in [-0.25, -0.2) is 5.43 Å². The van der Waals surface area contributed by atoms with Gasteiger partial charge in [0.1, 0.15) is 0 Å². The van der Waals surface area contributed by atoms with Crippen molar-refractivity contribution in [2.75, 3.05) is 0 Å². The molecule has 0 aliphatic rings. The number of hydrogen-bond acceptors (Lipinski definition) is 3. The number of benzene rings is 1. The summed E-state index contributed by atoms with van der Waals surface area (Å²) in [7, 11) is 0. The van der Waals surface area contributed by atoms with Gasteiger partial charge in [0.05, 0.1) is 6.04 Å². The second-order valence-corrected chi connectivity index (χ2v) is 5.15. The normalized spacial score (nSPS) is 12.7. The summed E-state index contributed by atoms with van der Waals surface area (Å²) in [6.45, 7) is 6.46. The Labute approximate surface area is 114 Å². The number of pyridine rings is 1. The van der Waals surface area contributed by atoms with Crippen LogP contribution in [-0.4, -0.2) is 4.98 Å². The number of nitrogens with zero attached hydrogens (tertiary/aromatic N) is 1. The summed E-state index contributed by atoms with van der Waals surface area (Å²) < 4.78 is 0. The molecule has 0 saturated heterocycles. The van der Waals surface area contributed by atoms with Gasteiger partial charge in [-0.05, 0) is 41.2 Å². The summed E-state index contributed by atoms with van der Waals surface area (Å²) in [5, 5.41) is 0. The quantitative estimate of drug-likeness (QED) is 0.652. The van der Waals surface area contributed by atoms with E-state index >= 15 is 0 Å². The Kier molecular flexibility index (Phi) is 4.30. The van der Waals surface area contributed by atoms with Gasteiger partial charge in [-0.1, -0.05) is 38.1 Å². The van der Waals surface area contributed by atoms with Gasteiger partial charge in [-0.3, -0.25) is 10.8 Å². The fraction of sp³-hybridized carbons (Fsp3) is 0.312. The van der Waals surface area contributed by atoms with E-state index in [0.717, 1.165) is 11.1 Å². The molecule has 1 atom stereocenters. The van der Waals surface area contributed by atoms with Crippen molar-refractivity contribution in [2.45, 2.75) is 32.7 Å². The molecule has 1 aromatic heterocycles. The van der Waals surface area contributed by atoms with Crippen molar-refractivity contribution in [3.63, 3.8) is 0 Å². The molecule has 0 amide bonds. The third-order valence-electron chi connectivity index (χ3n) is 3.49. The van der Waals surface area contributed by atoms with Gasteiger partial charge in [0, 0.05) is 12.4 Å². The van der Waals surface area contributed by atoms with Crippen LogP contribution in [0.4, 0.5) is 0 Å². The van der Waals surface area contributed by atoms with Crippen LogP contribution in [0.3, 0.4) is 0 Å². The lowest BCUT2D eigenvalue weighted by atomic mass is 9.94. The summed E-state index contributed by atoms with van der Waals surface area (Å²) in [5.74, 6) is 6.27. The molecule has 2 aromatic rings. The Balaban J connectivity index is 2.35. The maximum atomic E-state index is 5.73. The molecule has 0 radical (unpaired) electrons. The summed E-state index contributed by atoms with van der Waals surface area (Å²) in [5.41, 5.74) is 7.67. The van der Waals surface area contributed by atoms with E-state index in [0.29, 0.717) is 5.92 Å². The van der Waals surface area contributed by atoms with Crippen molar-refractivity contribution in [1.82, 2.24) is 10.4 Å². The molecule has 0 spiro atoms. The third kappa shape index (κ3) is 3.00. The standard InChI is InChI=1S/C16H21N3/c1-11(2)13-4-6-14(7-5-13)16(19-17)15-10-18-9-8-12(15)3/h4-11,16,19H,17H2,1-3H3. The van der Waals surface area contributed by atoms with Crippen molar-refractivity contribution in [3.8, 4) is 0 Å². The number of hydrogen-bond donors (Lipinski definition) is 2. The van der Waals surface area contributed by atoms with E-state index in [9.17, 15) is 0 Å². The second kappa shape index (κ2) is 5.95. The molecule has 1 unspecified atom stereocenters. The monoisotopic (exact) mass is 255 g/mol. The number of nitrogens with one attached hydrogen (secondary N) is 1. The fourth-order valence-corrected chi connectivity index (χ4v) is 2.22. The number of hydrazine groups is 1. The molecule has 0 saturated carbocycles. The van der Waals surface area contributed by atoms with Crippen LogP contribution < -0.4 is 11.3 Å². The van der Waals surface area contributed by atoms with Crippen LogP contribution in [0.5, 0.6) is 0 Å². The number of aryl methyl sites for hydroxylation is 1. The zero-order chi connectivity index (χ0) is 13.8.